The highest BCUT2D eigenvalue weighted by atomic mass is 35.5. The van der Waals surface area contributed by atoms with Crippen molar-refractivity contribution in [1.82, 2.24) is 10.6 Å². The van der Waals surface area contributed by atoms with Gasteiger partial charge in [0, 0.05) is 17.6 Å². The van der Waals surface area contributed by atoms with Crippen LogP contribution in [-0.4, -0.2) is 31.7 Å². The summed E-state index contributed by atoms with van der Waals surface area (Å²) in [6.45, 7) is -1.50. The summed E-state index contributed by atoms with van der Waals surface area (Å²) in [4.78, 5) is 12.0. The normalized spacial score (nSPS) is 17.7. The van der Waals surface area contributed by atoms with Crippen LogP contribution in [0.3, 0.4) is 0 Å². The molecule has 1 fully saturated rings. The van der Waals surface area contributed by atoms with Gasteiger partial charge in [-0.25, -0.2) is 0 Å². The first kappa shape index (κ1) is 16.9. The van der Waals surface area contributed by atoms with Gasteiger partial charge < -0.3 is 15.4 Å². The Labute approximate surface area is 126 Å². The lowest BCUT2D eigenvalue weighted by atomic mass is 10.1. The molecule has 8 heteroatoms. The molecule has 1 aromatic rings. The average Bonchev–Trinajstić information content (AvgIpc) is 2.83. The van der Waals surface area contributed by atoms with Gasteiger partial charge in [0.25, 0.3) is 5.91 Å². The molecule has 20 heavy (non-hydrogen) atoms. The molecule has 1 saturated heterocycles. The van der Waals surface area contributed by atoms with Gasteiger partial charge in [0.1, 0.15) is 5.75 Å². The minimum Gasteiger partial charge on any atom is -0.434 e. The molecule has 2 N–H and O–H groups in total. The van der Waals surface area contributed by atoms with Crippen molar-refractivity contribution in [3.63, 3.8) is 0 Å². The third-order valence-corrected chi connectivity index (χ3v) is 3.03. The van der Waals surface area contributed by atoms with Crippen LogP contribution in [0, 0.1) is 0 Å². The number of hydrogen-bond donors (Lipinski definition) is 2. The highest BCUT2D eigenvalue weighted by Crippen LogP contribution is 2.24. The van der Waals surface area contributed by atoms with E-state index >= 15 is 0 Å². The molecule has 0 saturated carbocycles. The quantitative estimate of drug-likeness (QED) is 0.893. The molecule has 1 unspecified atom stereocenters. The summed E-state index contributed by atoms with van der Waals surface area (Å²) < 4.78 is 28.9. The Kier molecular flexibility index (Phi) is 6.45. The number of hydrogen-bond acceptors (Lipinski definition) is 3. The fraction of sp³-hybridized carbons (Fsp3) is 0.417. The molecule has 4 nitrogen and oxygen atoms in total. The Morgan fingerprint density at radius 2 is 2.25 bits per heavy atom. The second-order valence-corrected chi connectivity index (χ2v) is 4.62. The Bertz CT molecular complexity index is 469. The van der Waals surface area contributed by atoms with Crippen LogP contribution < -0.4 is 15.4 Å². The minimum atomic E-state index is -2.99. The number of amides is 1. The van der Waals surface area contributed by atoms with Crippen LogP contribution in [0.1, 0.15) is 16.8 Å². The molecule has 1 heterocycles. The lowest BCUT2D eigenvalue weighted by molar-refractivity contribution is -0.0501. The van der Waals surface area contributed by atoms with Crippen LogP contribution in [-0.2, 0) is 0 Å². The van der Waals surface area contributed by atoms with Crippen molar-refractivity contribution in [2.24, 2.45) is 0 Å². The average molecular weight is 327 g/mol. The molecular formula is C12H14Cl2F2N2O2. The van der Waals surface area contributed by atoms with E-state index in [1.165, 1.54) is 18.2 Å². The summed E-state index contributed by atoms with van der Waals surface area (Å²) in [5.41, 5.74) is 0.0136. The van der Waals surface area contributed by atoms with Gasteiger partial charge in [-0.05, 0) is 31.2 Å². The lowest BCUT2D eigenvalue weighted by Gasteiger charge is -2.14. The maximum Gasteiger partial charge on any atom is 0.387 e. The van der Waals surface area contributed by atoms with Gasteiger partial charge in [-0.15, -0.1) is 12.4 Å². The van der Waals surface area contributed by atoms with Gasteiger partial charge in [0.15, 0.2) is 0 Å². The summed E-state index contributed by atoms with van der Waals surface area (Å²) in [6.07, 6.45) is 0.803. The number of carbonyl (C=O) groups excluding carboxylic acids is 1. The van der Waals surface area contributed by atoms with Crippen molar-refractivity contribution in [1.29, 1.82) is 0 Å². The summed E-state index contributed by atoms with van der Waals surface area (Å²) in [6, 6.07) is 3.96. The standard InChI is InChI=1S/C12H13ClF2N2O2.ClH/c13-7-1-2-10(19-12(14)15)9(5-7)11(18)17-8-3-4-16-6-8;/h1-2,5,8,12,16H,3-4,6H2,(H,17,18);1H. The Morgan fingerprint density at radius 1 is 1.50 bits per heavy atom. The van der Waals surface area contributed by atoms with Crippen LogP contribution in [0.25, 0.3) is 0 Å². The molecule has 1 atom stereocenters. The van der Waals surface area contributed by atoms with Crippen molar-refractivity contribution in [3.8, 4) is 5.75 Å². The third kappa shape index (κ3) is 4.47. The molecule has 1 aliphatic rings. The second-order valence-electron chi connectivity index (χ2n) is 4.18. The zero-order valence-electron chi connectivity index (χ0n) is 10.4. The zero-order valence-corrected chi connectivity index (χ0v) is 11.9. The maximum atomic E-state index is 12.3. The largest absolute Gasteiger partial charge is 0.434 e. The molecule has 1 amide bonds. The van der Waals surface area contributed by atoms with Crippen LogP contribution in [0.15, 0.2) is 18.2 Å². The Balaban J connectivity index is 0.00000200. The smallest absolute Gasteiger partial charge is 0.387 e. The minimum absolute atomic E-state index is 0. The first-order valence-corrected chi connectivity index (χ1v) is 6.20. The molecule has 0 radical (unpaired) electrons. The van der Waals surface area contributed by atoms with Crippen LogP contribution in [0.5, 0.6) is 5.75 Å². The Morgan fingerprint density at radius 3 is 2.85 bits per heavy atom. The predicted octanol–water partition coefficient (Wildman–Crippen LogP) is 2.45. The van der Waals surface area contributed by atoms with Gasteiger partial charge in [0.05, 0.1) is 5.56 Å². The van der Waals surface area contributed by atoms with E-state index in [-0.39, 0.29) is 34.8 Å². The molecule has 1 aromatic carbocycles. The number of halogens is 4. The molecule has 0 bridgehead atoms. The van der Waals surface area contributed by atoms with E-state index in [1.54, 1.807) is 0 Å². The summed E-state index contributed by atoms with van der Waals surface area (Å²) >= 11 is 5.78. The number of carbonyl (C=O) groups is 1. The summed E-state index contributed by atoms with van der Waals surface area (Å²) in [5.74, 6) is -0.644. The number of alkyl halides is 2. The van der Waals surface area contributed by atoms with Gasteiger partial charge in [-0.2, -0.15) is 8.78 Å². The first-order valence-electron chi connectivity index (χ1n) is 5.82. The Hall–Kier alpha value is -1.11. The van der Waals surface area contributed by atoms with E-state index in [9.17, 15) is 13.6 Å². The van der Waals surface area contributed by atoms with Crippen molar-refractivity contribution < 1.29 is 18.3 Å². The predicted molar refractivity (Wildman–Crippen MR) is 74.1 cm³/mol. The van der Waals surface area contributed by atoms with Gasteiger partial charge in [-0.3, -0.25) is 4.79 Å². The van der Waals surface area contributed by atoms with Crippen LogP contribution >= 0.6 is 24.0 Å². The van der Waals surface area contributed by atoms with E-state index in [0.717, 1.165) is 13.0 Å². The van der Waals surface area contributed by atoms with Crippen LogP contribution in [0.2, 0.25) is 5.02 Å². The molecular weight excluding hydrogens is 313 g/mol. The SMILES string of the molecule is Cl.O=C(NC1CCNC1)c1cc(Cl)ccc1OC(F)F. The van der Waals surface area contributed by atoms with Gasteiger partial charge >= 0.3 is 6.61 Å². The molecule has 0 aliphatic carbocycles. The molecule has 0 aromatic heterocycles. The number of rotatable bonds is 4. The zero-order chi connectivity index (χ0) is 13.8. The number of benzene rings is 1. The fourth-order valence-corrected chi connectivity index (χ4v) is 2.09. The monoisotopic (exact) mass is 326 g/mol. The van der Waals surface area contributed by atoms with Gasteiger partial charge in [0.2, 0.25) is 0 Å². The lowest BCUT2D eigenvalue weighted by Crippen LogP contribution is -2.36. The van der Waals surface area contributed by atoms with E-state index in [1.807, 2.05) is 0 Å². The molecule has 2 rings (SSSR count). The van der Waals surface area contributed by atoms with Crippen molar-refractivity contribution in [3.05, 3.63) is 28.8 Å². The first-order chi connectivity index (χ1) is 9.06. The molecule has 1 aliphatic heterocycles. The van der Waals surface area contributed by atoms with E-state index in [0.29, 0.717) is 6.54 Å². The van der Waals surface area contributed by atoms with Gasteiger partial charge in [-0.1, -0.05) is 11.6 Å². The number of nitrogens with one attached hydrogen (secondary N) is 2. The summed E-state index contributed by atoms with van der Waals surface area (Å²) in [7, 11) is 0. The van der Waals surface area contributed by atoms with Crippen molar-refractivity contribution in [2.45, 2.75) is 19.1 Å². The summed E-state index contributed by atoms with van der Waals surface area (Å²) in [5, 5.41) is 6.13. The highest BCUT2D eigenvalue weighted by molar-refractivity contribution is 6.31. The van der Waals surface area contributed by atoms with Crippen molar-refractivity contribution >= 4 is 29.9 Å². The highest BCUT2D eigenvalue weighted by Gasteiger charge is 2.21. The van der Waals surface area contributed by atoms with E-state index in [2.05, 4.69) is 15.4 Å². The molecule has 0 spiro atoms. The van der Waals surface area contributed by atoms with Crippen molar-refractivity contribution in [2.75, 3.05) is 13.1 Å². The third-order valence-electron chi connectivity index (χ3n) is 2.80. The number of ether oxygens (including phenoxy) is 1. The van der Waals surface area contributed by atoms with E-state index < -0.39 is 12.5 Å². The van der Waals surface area contributed by atoms with Crippen LogP contribution in [0.4, 0.5) is 8.78 Å². The maximum absolute atomic E-state index is 12.3. The second kappa shape index (κ2) is 7.61. The topological polar surface area (TPSA) is 50.4 Å². The van der Waals surface area contributed by atoms with E-state index in [4.69, 9.17) is 11.6 Å². The molecule has 112 valence electrons. The fourth-order valence-electron chi connectivity index (χ4n) is 1.92.